The van der Waals surface area contributed by atoms with Crippen LogP contribution in [0.1, 0.15) is 24.5 Å². The van der Waals surface area contributed by atoms with E-state index in [-0.39, 0.29) is 15.6 Å². The molecule has 3 aromatic rings. The number of hydrogen-bond acceptors (Lipinski definition) is 6. The summed E-state index contributed by atoms with van der Waals surface area (Å²) in [6.45, 7) is 0. The normalized spacial score (nSPS) is 15.3. The van der Waals surface area contributed by atoms with E-state index in [9.17, 15) is 16.8 Å². The van der Waals surface area contributed by atoms with Gasteiger partial charge in [-0.1, -0.05) is 0 Å². The van der Waals surface area contributed by atoms with E-state index in [4.69, 9.17) is 0 Å². The van der Waals surface area contributed by atoms with Crippen LogP contribution in [0.25, 0.3) is 5.65 Å². The molecule has 0 bridgehead atoms. The molecule has 0 saturated heterocycles. The molecule has 4 rings (SSSR count). The van der Waals surface area contributed by atoms with Gasteiger partial charge in [-0.15, -0.1) is 0 Å². The summed E-state index contributed by atoms with van der Waals surface area (Å²) >= 11 is 0. The summed E-state index contributed by atoms with van der Waals surface area (Å²) in [5.74, 6) is 0.693. The molecule has 0 radical (unpaired) electrons. The van der Waals surface area contributed by atoms with Crippen LogP contribution in [0.3, 0.4) is 0 Å². The van der Waals surface area contributed by atoms with Crippen molar-refractivity contribution in [2.75, 3.05) is 11.0 Å². The van der Waals surface area contributed by atoms with Gasteiger partial charge in [0.1, 0.15) is 5.82 Å². The van der Waals surface area contributed by atoms with E-state index in [2.05, 4.69) is 14.8 Å². The third kappa shape index (κ3) is 3.17. The van der Waals surface area contributed by atoms with Crippen molar-refractivity contribution in [1.29, 1.82) is 0 Å². The summed E-state index contributed by atoms with van der Waals surface area (Å²) in [4.78, 5) is 4.23. The minimum atomic E-state index is -3.90. The molecule has 1 saturated carbocycles. The number of anilines is 1. The molecular weight excluding hydrogens is 376 g/mol. The number of fused-ring (bicyclic) bond motifs is 1. The van der Waals surface area contributed by atoms with Crippen molar-refractivity contribution in [3.8, 4) is 0 Å². The van der Waals surface area contributed by atoms with Crippen molar-refractivity contribution in [1.82, 2.24) is 14.6 Å². The van der Waals surface area contributed by atoms with Crippen molar-refractivity contribution >= 4 is 31.3 Å². The van der Waals surface area contributed by atoms with E-state index in [0.29, 0.717) is 11.6 Å². The molecule has 1 aliphatic carbocycles. The van der Waals surface area contributed by atoms with Crippen molar-refractivity contribution in [2.24, 2.45) is 0 Å². The minimum Gasteiger partial charge on any atom is -0.263 e. The van der Waals surface area contributed by atoms with Gasteiger partial charge in [0.25, 0.3) is 10.0 Å². The van der Waals surface area contributed by atoms with E-state index in [1.807, 2.05) is 6.07 Å². The Hall–Kier alpha value is -2.46. The maximum absolute atomic E-state index is 12.6. The topological polar surface area (TPSA) is 110 Å². The van der Waals surface area contributed by atoms with Crippen LogP contribution >= 0.6 is 0 Å². The summed E-state index contributed by atoms with van der Waals surface area (Å²) in [6, 6.07) is 8.44. The van der Waals surface area contributed by atoms with Crippen LogP contribution in [-0.2, 0) is 19.9 Å². The second-order valence-electron chi connectivity index (χ2n) is 6.29. The first kappa shape index (κ1) is 17.0. The van der Waals surface area contributed by atoms with Gasteiger partial charge in [-0.05, 0) is 43.2 Å². The van der Waals surface area contributed by atoms with Gasteiger partial charge in [-0.3, -0.25) is 4.72 Å². The van der Waals surface area contributed by atoms with Gasteiger partial charge in [0.15, 0.2) is 15.5 Å². The molecule has 1 aromatic carbocycles. The number of benzene rings is 1. The van der Waals surface area contributed by atoms with Crippen LogP contribution in [0, 0.1) is 0 Å². The first-order valence-electron chi connectivity index (χ1n) is 7.92. The molecule has 1 fully saturated rings. The quantitative estimate of drug-likeness (QED) is 0.709. The molecule has 0 atom stereocenters. The lowest BCUT2D eigenvalue weighted by molar-refractivity contribution is 0.597. The van der Waals surface area contributed by atoms with Crippen molar-refractivity contribution in [3.63, 3.8) is 0 Å². The van der Waals surface area contributed by atoms with Crippen LogP contribution in [0.4, 0.5) is 5.82 Å². The summed E-state index contributed by atoms with van der Waals surface area (Å²) in [6.07, 6.45) is 4.74. The number of nitrogens with zero attached hydrogens (tertiary/aromatic N) is 3. The molecule has 26 heavy (non-hydrogen) atoms. The summed E-state index contributed by atoms with van der Waals surface area (Å²) < 4.78 is 52.3. The Morgan fingerprint density at radius 3 is 2.31 bits per heavy atom. The number of sulfone groups is 1. The predicted molar refractivity (Wildman–Crippen MR) is 95.3 cm³/mol. The van der Waals surface area contributed by atoms with Gasteiger partial charge in [-0.25, -0.2) is 21.8 Å². The maximum atomic E-state index is 12.6. The van der Waals surface area contributed by atoms with E-state index < -0.39 is 19.9 Å². The Morgan fingerprint density at radius 1 is 1.04 bits per heavy atom. The zero-order chi connectivity index (χ0) is 18.5. The molecule has 1 aliphatic rings. The Bertz CT molecular complexity index is 1190. The average Bonchev–Trinajstić information content (AvgIpc) is 3.33. The monoisotopic (exact) mass is 392 g/mol. The second-order valence-corrected chi connectivity index (χ2v) is 9.99. The highest BCUT2D eigenvalue weighted by Crippen LogP contribution is 2.39. The van der Waals surface area contributed by atoms with Crippen LogP contribution in [0.15, 0.2) is 52.4 Å². The van der Waals surface area contributed by atoms with Gasteiger partial charge < -0.3 is 0 Å². The van der Waals surface area contributed by atoms with Gasteiger partial charge in [0.2, 0.25) is 0 Å². The largest absolute Gasteiger partial charge is 0.263 e. The van der Waals surface area contributed by atoms with E-state index in [1.54, 1.807) is 0 Å². The molecule has 0 aliphatic heterocycles. The number of aromatic nitrogens is 3. The van der Waals surface area contributed by atoms with Crippen molar-refractivity contribution < 1.29 is 16.8 Å². The Morgan fingerprint density at radius 2 is 1.69 bits per heavy atom. The van der Waals surface area contributed by atoms with E-state index in [0.717, 1.165) is 24.8 Å². The van der Waals surface area contributed by atoms with Gasteiger partial charge in [0.05, 0.1) is 15.5 Å². The molecule has 8 nitrogen and oxygen atoms in total. The Labute approximate surface area is 150 Å². The lowest BCUT2D eigenvalue weighted by atomic mass is 10.3. The average molecular weight is 392 g/mol. The number of hydrogen-bond donors (Lipinski definition) is 1. The zero-order valence-corrected chi connectivity index (χ0v) is 15.5. The third-order valence-electron chi connectivity index (χ3n) is 4.17. The third-order valence-corrected chi connectivity index (χ3v) is 6.67. The zero-order valence-electron chi connectivity index (χ0n) is 13.8. The molecule has 2 aromatic heterocycles. The fourth-order valence-corrected chi connectivity index (χ4v) is 4.30. The standard InChI is InChI=1S/C16H16N4O4S2/c1-25(21,22)12-4-6-13(7-5-12)26(23,24)19-15-8-9-17-16-10-14(11-2-3-11)18-20(15)16/h4-11,19H,2-3H2,1H3. The first-order valence-corrected chi connectivity index (χ1v) is 11.3. The number of rotatable bonds is 5. The van der Waals surface area contributed by atoms with Crippen LogP contribution < -0.4 is 4.72 Å². The molecule has 1 N–H and O–H groups in total. The SMILES string of the molecule is CS(=O)(=O)c1ccc(S(=O)(=O)Nc2ccnc3cc(C4CC4)nn23)cc1. The maximum Gasteiger partial charge on any atom is 0.263 e. The Kier molecular flexibility index (Phi) is 3.77. The summed E-state index contributed by atoms with van der Waals surface area (Å²) in [5.41, 5.74) is 1.47. The highest BCUT2D eigenvalue weighted by molar-refractivity contribution is 7.92. The molecule has 0 spiro atoms. The van der Waals surface area contributed by atoms with Gasteiger partial charge >= 0.3 is 0 Å². The van der Waals surface area contributed by atoms with Crippen LogP contribution in [0.2, 0.25) is 0 Å². The molecule has 10 heteroatoms. The second kappa shape index (κ2) is 5.78. The predicted octanol–water partition coefficient (Wildman–Crippen LogP) is 1.81. The molecule has 2 heterocycles. The van der Waals surface area contributed by atoms with Gasteiger partial charge in [-0.2, -0.15) is 9.61 Å². The lowest BCUT2D eigenvalue weighted by Gasteiger charge is -2.09. The Balaban J connectivity index is 1.68. The number of sulfonamides is 1. The van der Waals surface area contributed by atoms with Crippen LogP contribution in [0.5, 0.6) is 0 Å². The van der Waals surface area contributed by atoms with Crippen molar-refractivity contribution in [2.45, 2.75) is 28.6 Å². The lowest BCUT2D eigenvalue weighted by Crippen LogP contribution is -2.16. The molecule has 0 unspecified atom stereocenters. The smallest absolute Gasteiger partial charge is 0.263 e. The molecule has 136 valence electrons. The number of nitrogens with one attached hydrogen (secondary N) is 1. The highest BCUT2D eigenvalue weighted by Gasteiger charge is 2.27. The van der Waals surface area contributed by atoms with Crippen molar-refractivity contribution in [3.05, 3.63) is 48.3 Å². The van der Waals surface area contributed by atoms with E-state index >= 15 is 0 Å². The minimum absolute atomic E-state index is 0.0376. The fourth-order valence-electron chi connectivity index (χ4n) is 2.63. The summed E-state index contributed by atoms with van der Waals surface area (Å²) in [5, 5.41) is 4.45. The molecular formula is C16H16N4O4S2. The van der Waals surface area contributed by atoms with Gasteiger partial charge in [0, 0.05) is 24.4 Å². The van der Waals surface area contributed by atoms with E-state index in [1.165, 1.54) is 41.0 Å². The van der Waals surface area contributed by atoms with Crippen LogP contribution in [-0.4, -0.2) is 37.7 Å². The summed E-state index contributed by atoms with van der Waals surface area (Å²) in [7, 11) is -7.29. The first-order chi connectivity index (χ1) is 12.2. The molecule has 0 amide bonds. The highest BCUT2D eigenvalue weighted by atomic mass is 32.2. The fraction of sp³-hybridized carbons (Fsp3) is 0.250.